The van der Waals surface area contributed by atoms with Gasteiger partial charge in [0.1, 0.15) is 0 Å². The molecule has 0 aromatic carbocycles. The fourth-order valence-electron chi connectivity index (χ4n) is 4.30. The third-order valence-electron chi connectivity index (χ3n) is 5.96. The highest BCUT2D eigenvalue weighted by Crippen LogP contribution is 2.28. The van der Waals surface area contributed by atoms with E-state index in [4.69, 9.17) is 0 Å². The number of hydrogen-bond acceptors (Lipinski definition) is 2. The summed E-state index contributed by atoms with van der Waals surface area (Å²) < 4.78 is 0. The highest BCUT2D eigenvalue weighted by molar-refractivity contribution is 4.80. The van der Waals surface area contributed by atoms with Crippen LogP contribution in [0.1, 0.15) is 84.5 Å². The van der Waals surface area contributed by atoms with Gasteiger partial charge in [0.15, 0.2) is 0 Å². The van der Waals surface area contributed by atoms with Crippen molar-refractivity contribution >= 4 is 0 Å². The van der Waals surface area contributed by atoms with Crippen molar-refractivity contribution < 1.29 is 0 Å². The average Bonchev–Trinajstić information content (AvgIpc) is 3.15. The lowest BCUT2D eigenvalue weighted by Gasteiger charge is -2.14. The molecule has 2 nitrogen and oxygen atoms in total. The summed E-state index contributed by atoms with van der Waals surface area (Å²) in [6.07, 6.45) is 15.5. The molecule has 2 fully saturated rings. The van der Waals surface area contributed by atoms with Gasteiger partial charge in [0.2, 0.25) is 0 Å². The van der Waals surface area contributed by atoms with Crippen LogP contribution < -0.4 is 10.6 Å². The first-order valence-electron chi connectivity index (χ1n) is 9.78. The molecule has 2 aliphatic carbocycles. The Morgan fingerprint density at radius 1 is 0.667 bits per heavy atom. The topological polar surface area (TPSA) is 24.1 Å². The summed E-state index contributed by atoms with van der Waals surface area (Å²) in [7, 11) is 0. The Morgan fingerprint density at radius 2 is 1.14 bits per heavy atom. The lowest BCUT2D eigenvalue weighted by Crippen LogP contribution is -2.28. The molecule has 0 bridgehead atoms. The minimum Gasteiger partial charge on any atom is -0.314 e. The van der Waals surface area contributed by atoms with Crippen LogP contribution in [0, 0.1) is 11.8 Å². The quantitative estimate of drug-likeness (QED) is 0.580. The van der Waals surface area contributed by atoms with Gasteiger partial charge in [-0.3, -0.25) is 0 Å². The van der Waals surface area contributed by atoms with Crippen molar-refractivity contribution in [2.45, 2.75) is 96.6 Å². The second kappa shape index (κ2) is 9.84. The molecular formula is C19H38N2. The summed E-state index contributed by atoms with van der Waals surface area (Å²) in [5.74, 6) is 2.01. The molecule has 0 aromatic heterocycles. The monoisotopic (exact) mass is 294 g/mol. The molecule has 2 saturated carbocycles. The first-order chi connectivity index (χ1) is 10.3. The molecule has 4 unspecified atom stereocenters. The molecule has 0 spiro atoms. The predicted octanol–water partition coefficient (Wildman–Crippen LogP) is 4.49. The van der Waals surface area contributed by atoms with Crippen LogP contribution in [0.2, 0.25) is 0 Å². The fraction of sp³-hybridized carbons (Fsp3) is 1.00. The maximum absolute atomic E-state index is 3.77. The van der Waals surface area contributed by atoms with E-state index in [0.717, 1.165) is 23.9 Å². The molecule has 0 saturated heterocycles. The smallest absolute Gasteiger partial charge is 0.00698 e. The molecule has 0 aromatic rings. The maximum atomic E-state index is 3.77. The van der Waals surface area contributed by atoms with Crippen LogP contribution in [0.3, 0.4) is 0 Å². The van der Waals surface area contributed by atoms with Gasteiger partial charge in [-0.25, -0.2) is 0 Å². The van der Waals surface area contributed by atoms with E-state index in [1.54, 1.807) is 0 Å². The lowest BCUT2D eigenvalue weighted by molar-refractivity contribution is 0.453. The van der Waals surface area contributed by atoms with E-state index in [1.807, 2.05) is 0 Å². The van der Waals surface area contributed by atoms with Gasteiger partial charge in [-0.05, 0) is 76.3 Å². The summed E-state index contributed by atoms with van der Waals surface area (Å²) in [6, 6.07) is 1.66. The molecular weight excluding hydrogens is 256 g/mol. The summed E-state index contributed by atoms with van der Waals surface area (Å²) in [5, 5.41) is 7.54. The second-order valence-corrected chi connectivity index (χ2v) is 7.54. The summed E-state index contributed by atoms with van der Waals surface area (Å²) in [6.45, 7) is 7.16. The van der Waals surface area contributed by atoms with Gasteiger partial charge in [-0.1, -0.05) is 33.1 Å². The number of rotatable bonds is 10. The lowest BCUT2D eigenvalue weighted by atomic mass is 10.1. The van der Waals surface area contributed by atoms with Crippen LogP contribution in [0.5, 0.6) is 0 Å². The van der Waals surface area contributed by atoms with Crippen molar-refractivity contribution in [3.05, 3.63) is 0 Å². The van der Waals surface area contributed by atoms with Crippen LogP contribution in [0.4, 0.5) is 0 Å². The van der Waals surface area contributed by atoms with Gasteiger partial charge in [-0.15, -0.1) is 0 Å². The van der Waals surface area contributed by atoms with E-state index in [1.165, 1.54) is 83.7 Å². The van der Waals surface area contributed by atoms with E-state index in [0.29, 0.717) is 0 Å². The molecule has 2 N–H and O–H groups in total. The number of nitrogens with one attached hydrogen (secondary N) is 2. The molecule has 0 amide bonds. The Labute approximate surface area is 132 Å². The van der Waals surface area contributed by atoms with Crippen molar-refractivity contribution in [3.63, 3.8) is 0 Å². The largest absolute Gasteiger partial charge is 0.314 e. The van der Waals surface area contributed by atoms with Crippen LogP contribution in [0.15, 0.2) is 0 Å². The Bertz CT molecular complexity index is 240. The average molecular weight is 295 g/mol. The van der Waals surface area contributed by atoms with Crippen LogP contribution in [-0.4, -0.2) is 25.2 Å². The highest BCUT2D eigenvalue weighted by Gasteiger charge is 2.23. The zero-order valence-corrected chi connectivity index (χ0v) is 14.5. The van der Waals surface area contributed by atoms with Crippen molar-refractivity contribution in [1.29, 1.82) is 0 Å². The Hall–Kier alpha value is -0.0800. The molecule has 0 heterocycles. The third kappa shape index (κ3) is 6.28. The van der Waals surface area contributed by atoms with Gasteiger partial charge >= 0.3 is 0 Å². The number of unbranched alkanes of at least 4 members (excludes halogenated alkanes) is 2. The molecule has 2 aliphatic rings. The zero-order chi connectivity index (χ0) is 14.9. The van der Waals surface area contributed by atoms with Gasteiger partial charge in [-0.2, -0.15) is 0 Å². The summed E-state index contributed by atoms with van der Waals surface area (Å²) in [5.41, 5.74) is 0. The van der Waals surface area contributed by atoms with Crippen molar-refractivity contribution in [2.75, 3.05) is 13.1 Å². The molecule has 124 valence electrons. The minimum absolute atomic E-state index is 0.831. The first kappa shape index (κ1) is 17.3. The van der Waals surface area contributed by atoms with Crippen LogP contribution in [0.25, 0.3) is 0 Å². The van der Waals surface area contributed by atoms with E-state index in [-0.39, 0.29) is 0 Å². The van der Waals surface area contributed by atoms with E-state index in [9.17, 15) is 0 Å². The van der Waals surface area contributed by atoms with Gasteiger partial charge in [0.25, 0.3) is 0 Å². The normalized spacial score (nSPS) is 32.9. The van der Waals surface area contributed by atoms with E-state index >= 15 is 0 Å². The van der Waals surface area contributed by atoms with E-state index < -0.39 is 0 Å². The molecule has 21 heavy (non-hydrogen) atoms. The molecule has 4 atom stereocenters. The van der Waals surface area contributed by atoms with Crippen molar-refractivity contribution in [1.82, 2.24) is 10.6 Å². The Morgan fingerprint density at radius 3 is 1.52 bits per heavy atom. The van der Waals surface area contributed by atoms with Gasteiger partial charge in [0, 0.05) is 12.1 Å². The first-order valence-corrected chi connectivity index (χ1v) is 9.78. The number of hydrogen-bond donors (Lipinski definition) is 2. The third-order valence-corrected chi connectivity index (χ3v) is 5.96. The second-order valence-electron chi connectivity index (χ2n) is 7.54. The zero-order valence-electron chi connectivity index (χ0n) is 14.5. The van der Waals surface area contributed by atoms with Crippen molar-refractivity contribution in [3.8, 4) is 0 Å². The standard InChI is InChI=1S/C19H38N2/c1-3-16-8-10-18(14-16)20-12-6-5-7-13-21-19-11-9-17(4-2)15-19/h16-21H,3-15H2,1-2H3. The van der Waals surface area contributed by atoms with Crippen molar-refractivity contribution in [2.24, 2.45) is 11.8 Å². The summed E-state index contributed by atoms with van der Waals surface area (Å²) in [4.78, 5) is 0. The maximum Gasteiger partial charge on any atom is 0.00698 e. The van der Waals surface area contributed by atoms with Crippen LogP contribution in [-0.2, 0) is 0 Å². The molecule has 2 rings (SSSR count). The Kier molecular flexibility index (Phi) is 8.10. The van der Waals surface area contributed by atoms with E-state index in [2.05, 4.69) is 24.5 Å². The molecule has 0 aliphatic heterocycles. The Balaban J connectivity index is 1.37. The summed E-state index contributed by atoms with van der Waals surface area (Å²) >= 11 is 0. The van der Waals surface area contributed by atoms with Crippen LogP contribution >= 0.6 is 0 Å². The molecule has 0 radical (unpaired) electrons. The van der Waals surface area contributed by atoms with Gasteiger partial charge < -0.3 is 10.6 Å². The highest BCUT2D eigenvalue weighted by atomic mass is 14.9. The predicted molar refractivity (Wildman–Crippen MR) is 92.7 cm³/mol. The van der Waals surface area contributed by atoms with Gasteiger partial charge in [0.05, 0.1) is 0 Å². The minimum atomic E-state index is 0.831. The fourth-order valence-corrected chi connectivity index (χ4v) is 4.30. The molecule has 2 heteroatoms. The SMILES string of the molecule is CCC1CCC(NCCCCCNC2CCC(CC)C2)C1.